The first kappa shape index (κ1) is 32.8. The Bertz CT molecular complexity index is 479. The van der Waals surface area contributed by atoms with Crippen LogP contribution in [0, 0.1) is 0 Å². The maximum atomic E-state index is 11.9. The van der Waals surface area contributed by atoms with E-state index in [1.165, 1.54) is 89.9 Å². The molecule has 0 aromatic heterocycles. The minimum atomic E-state index is -0.777. The van der Waals surface area contributed by atoms with Gasteiger partial charge in [0.2, 0.25) is 0 Å². The molecule has 0 saturated carbocycles. The molecule has 5 heteroatoms. The van der Waals surface area contributed by atoms with Crippen LogP contribution in [0.5, 0.6) is 0 Å². The van der Waals surface area contributed by atoms with Gasteiger partial charge in [-0.25, -0.2) is 5.48 Å². The van der Waals surface area contributed by atoms with Crippen LogP contribution in [0.2, 0.25) is 0 Å². The molecule has 0 aliphatic heterocycles. The van der Waals surface area contributed by atoms with Crippen molar-refractivity contribution < 1.29 is 19.5 Å². The summed E-state index contributed by atoms with van der Waals surface area (Å²) < 4.78 is 0. The zero-order valence-electron chi connectivity index (χ0n) is 22.3. The molecule has 34 heavy (non-hydrogen) atoms. The number of aliphatic carboxylic acids is 1. The van der Waals surface area contributed by atoms with Crippen molar-refractivity contribution in [3.8, 4) is 0 Å². The Hall–Kier alpha value is -1.20. The van der Waals surface area contributed by atoms with Crippen molar-refractivity contribution in [1.29, 1.82) is 0 Å². The molecule has 0 saturated heterocycles. The van der Waals surface area contributed by atoms with Crippen LogP contribution in [0.1, 0.15) is 148 Å². The van der Waals surface area contributed by atoms with Crippen LogP contribution in [-0.4, -0.2) is 30.0 Å². The molecule has 0 aliphatic carbocycles. The van der Waals surface area contributed by atoms with E-state index in [0.717, 1.165) is 32.1 Å². The third-order valence-corrected chi connectivity index (χ3v) is 6.22. The SMILES string of the molecule is CCCCCCCCCCCCCCCCC=CC(=O)CCCCCCONCCCC(=O)O. The maximum absolute atomic E-state index is 11.9. The Morgan fingerprint density at radius 2 is 1.21 bits per heavy atom. The van der Waals surface area contributed by atoms with Crippen molar-refractivity contribution in [3.63, 3.8) is 0 Å². The number of hydrogen-bond acceptors (Lipinski definition) is 4. The lowest BCUT2D eigenvalue weighted by molar-refractivity contribution is -0.137. The number of rotatable bonds is 28. The number of unbranched alkanes of at least 4 members (excludes halogenated alkanes) is 17. The van der Waals surface area contributed by atoms with Crippen LogP contribution in [0.15, 0.2) is 12.2 Å². The molecular weight excluding hydrogens is 426 g/mol. The van der Waals surface area contributed by atoms with Crippen molar-refractivity contribution >= 4 is 11.8 Å². The van der Waals surface area contributed by atoms with E-state index < -0.39 is 5.97 Å². The van der Waals surface area contributed by atoms with Crippen LogP contribution in [-0.2, 0) is 14.4 Å². The largest absolute Gasteiger partial charge is 0.481 e. The number of ketones is 1. The van der Waals surface area contributed by atoms with Crippen molar-refractivity contribution in [1.82, 2.24) is 5.48 Å². The van der Waals surface area contributed by atoms with Crippen LogP contribution in [0.3, 0.4) is 0 Å². The van der Waals surface area contributed by atoms with Gasteiger partial charge < -0.3 is 9.94 Å². The predicted octanol–water partition coefficient (Wildman–Crippen LogP) is 8.32. The molecule has 0 unspecified atom stereocenters. The quantitative estimate of drug-likeness (QED) is 0.0667. The molecule has 0 radical (unpaired) electrons. The molecule has 0 aromatic rings. The third kappa shape index (κ3) is 28.8. The highest BCUT2D eigenvalue weighted by molar-refractivity contribution is 5.89. The topological polar surface area (TPSA) is 75.6 Å². The number of hydrogen-bond donors (Lipinski definition) is 2. The lowest BCUT2D eigenvalue weighted by Gasteiger charge is -2.04. The summed E-state index contributed by atoms with van der Waals surface area (Å²) in [5, 5.41) is 8.53. The lowest BCUT2D eigenvalue weighted by Crippen LogP contribution is -2.17. The van der Waals surface area contributed by atoms with Gasteiger partial charge in [-0.15, -0.1) is 0 Å². The molecule has 0 fully saturated rings. The molecule has 0 aliphatic rings. The number of hydroxylamine groups is 1. The monoisotopic (exact) mass is 481 g/mol. The van der Waals surface area contributed by atoms with E-state index in [1.54, 1.807) is 6.08 Å². The van der Waals surface area contributed by atoms with Gasteiger partial charge in [-0.2, -0.15) is 0 Å². The maximum Gasteiger partial charge on any atom is 0.303 e. The van der Waals surface area contributed by atoms with Gasteiger partial charge in [-0.05, 0) is 38.2 Å². The Kier molecular flexibility index (Phi) is 27.1. The van der Waals surface area contributed by atoms with Crippen molar-refractivity contribution in [2.24, 2.45) is 0 Å². The van der Waals surface area contributed by atoms with Gasteiger partial charge in [0.25, 0.3) is 0 Å². The van der Waals surface area contributed by atoms with E-state index in [4.69, 9.17) is 9.94 Å². The Balaban J connectivity index is 3.24. The molecule has 0 bridgehead atoms. The predicted molar refractivity (Wildman–Crippen MR) is 143 cm³/mol. The number of carboxylic acid groups (broad SMARTS) is 1. The number of carbonyl (C=O) groups excluding carboxylic acids is 1. The number of allylic oxidation sites excluding steroid dienone is 2. The molecule has 0 heterocycles. The normalized spacial score (nSPS) is 11.4. The first-order valence-electron chi connectivity index (χ1n) is 14.4. The molecule has 0 atom stereocenters. The second-order valence-corrected chi connectivity index (χ2v) is 9.66. The molecule has 0 rings (SSSR count). The standard InChI is InChI=1S/C29H55NO4/c1-2-3-4-5-6-7-8-9-10-11-12-13-14-15-16-19-23-28(31)24-20-17-18-21-27-34-30-26-22-25-29(32)33/h19,23,30H,2-18,20-22,24-27H2,1H3,(H,32,33). The second kappa shape index (κ2) is 28.0. The van der Waals surface area contributed by atoms with Crippen LogP contribution >= 0.6 is 0 Å². The Labute approximate surface area is 210 Å². The van der Waals surface area contributed by atoms with E-state index >= 15 is 0 Å². The summed E-state index contributed by atoms with van der Waals surface area (Å²) in [4.78, 5) is 27.5. The lowest BCUT2D eigenvalue weighted by atomic mass is 10.0. The van der Waals surface area contributed by atoms with E-state index in [1.807, 2.05) is 0 Å². The fourth-order valence-electron chi connectivity index (χ4n) is 4.04. The highest BCUT2D eigenvalue weighted by Gasteiger charge is 1.99. The van der Waals surface area contributed by atoms with Gasteiger partial charge in [-0.1, -0.05) is 109 Å². The van der Waals surface area contributed by atoms with Crippen LogP contribution < -0.4 is 5.48 Å². The molecular formula is C29H55NO4. The van der Waals surface area contributed by atoms with E-state index in [-0.39, 0.29) is 12.2 Å². The highest BCUT2D eigenvalue weighted by Crippen LogP contribution is 2.13. The first-order chi connectivity index (χ1) is 16.7. The van der Waals surface area contributed by atoms with Gasteiger partial charge >= 0.3 is 5.97 Å². The fourth-order valence-corrected chi connectivity index (χ4v) is 4.04. The van der Waals surface area contributed by atoms with Gasteiger partial charge in [0.05, 0.1) is 6.61 Å². The minimum Gasteiger partial charge on any atom is -0.481 e. The fraction of sp³-hybridized carbons (Fsp3) is 0.862. The summed E-state index contributed by atoms with van der Waals surface area (Å²) in [5.41, 5.74) is 2.79. The van der Waals surface area contributed by atoms with Gasteiger partial charge in [0.1, 0.15) is 0 Å². The van der Waals surface area contributed by atoms with Gasteiger partial charge in [0, 0.05) is 19.4 Å². The van der Waals surface area contributed by atoms with E-state index in [9.17, 15) is 9.59 Å². The number of carbonyl (C=O) groups is 2. The number of carboxylic acids is 1. The van der Waals surface area contributed by atoms with Crippen molar-refractivity contribution in [2.75, 3.05) is 13.2 Å². The zero-order valence-corrected chi connectivity index (χ0v) is 22.3. The molecule has 200 valence electrons. The van der Waals surface area contributed by atoms with Crippen LogP contribution in [0.25, 0.3) is 0 Å². The van der Waals surface area contributed by atoms with Crippen LogP contribution in [0.4, 0.5) is 0 Å². The summed E-state index contributed by atoms with van der Waals surface area (Å²) >= 11 is 0. The summed E-state index contributed by atoms with van der Waals surface area (Å²) in [6, 6.07) is 0. The summed E-state index contributed by atoms with van der Waals surface area (Å²) in [7, 11) is 0. The average molecular weight is 482 g/mol. The Morgan fingerprint density at radius 3 is 1.79 bits per heavy atom. The zero-order chi connectivity index (χ0) is 25.0. The van der Waals surface area contributed by atoms with E-state index in [2.05, 4.69) is 18.5 Å². The number of nitrogens with one attached hydrogen (secondary N) is 1. The van der Waals surface area contributed by atoms with Gasteiger partial charge in [0.15, 0.2) is 5.78 Å². The summed E-state index contributed by atoms with van der Waals surface area (Å²) in [6.45, 7) is 3.46. The smallest absolute Gasteiger partial charge is 0.303 e. The van der Waals surface area contributed by atoms with Crippen molar-refractivity contribution in [3.05, 3.63) is 12.2 Å². The van der Waals surface area contributed by atoms with E-state index in [0.29, 0.717) is 26.0 Å². The average Bonchev–Trinajstić information content (AvgIpc) is 2.82. The summed E-state index contributed by atoms with van der Waals surface area (Å²) in [5.74, 6) is -0.525. The Morgan fingerprint density at radius 1 is 0.676 bits per heavy atom. The van der Waals surface area contributed by atoms with Gasteiger partial charge in [-0.3, -0.25) is 9.59 Å². The minimum absolute atomic E-state index is 0.165. The molecule has 0 aromatic carbocycles. The molecule has 0 amide bonds. The molecule has 0 spiro atoms. The third-order valence-electron chi connectivity index (χ3n) is 6.22. The molecule has 5 nitrogen and oxygen atoms in total. The first-order valence-corrected chi connectivity index (χ1v) is 14.4. The second-order valence-electron chi connectivity index (χ2n) is 9.66. The highest BCUT2D eigenvalue weighted by atomic mass is 16.6. The van der Waals surface area contributed by atoms with Crippen molar-refractivity contribution in [2.45, 2.75) is 148 Å². The molecule has 2 N–H and O–H groups in total. The summed E-state index contributed by atoms with van der Waals surface area (Å²) in [6.07, 6.45) is 29.5.